The minimum Gasteiger partial charge on any atom is -0.496 e. The van der Waals surface area contributed by atoms with E-state index in [0.717, 1.165) is 24.6 Å². The van der Waals surface area contributed by atoms with Gasteiger partial charge in [-0.05, 0) is 56.8 Å². The zero-order valence-corrected chi connectivity index (χ0v) is 10.3. The van der Waals surface area contributed by atoms with Crippen LogP contribution < -0.4 is 10.1 Å². The second kappa shape index (κ2) is 5.35. The van der Waals surface area contributed by atoms with E-state index in [2.05, 4.69) is 30.4 Å². The van der Waals surface area contributed by atoms with Crippen molar-refractivity contribution in [2.45, 2.75) is 26.2 Å². The summed E-state index contributed by atoms with van der Waals surface area (Å²) >= 11 is 0. The highest BCUT2D eigenvalue weighted by atomic mass is 16.5. The van der Waals surface area contributed by atoms with Gasteiger partial charge in [-0.15, -0.1) is 0 Å². The lowest BCUT2D eigenvalue weighted by molar-refractivity contribution is 0.364. The Labute approximate surface area is 98.0 Å². The van der Waals surface area contributed by atoms with Gasteiger partial charge in [-0.3, -0.25) is 0 Å². The third-order valence-corrected chi connectivity index (χ3v) is 3.34. The molecule has 0 saturated carbocycles. The molecule has 1 fully saturated rings. The molecule has 0 aromatic heterocycles. The summed E-state index contributed by atoms with van der Waals surface area (Å²) in [5.74, 6) is 1.81. The smallest absolute Gasteiger partial charge is 0.122 e. The topological polar surface area (TPSA) is 21.3 Å². The van der Waals surface area contributed by atoms with Crippen LogP contribution in [0.3, 0.4) is 0 Å². The van der Waals surface area contributed by atoms with E-state index in [0.29, 0.717) is 0 Å². The number of hydrogen-bond donors (Lipinski definition) is 1. The maximum absolute atomic E-state index is 5.42. The Kier molecular flexibility index (Phi) is 3.83. The first-order valence-corrected chi connectivity index (χ1v) is 6.14. The van der Waals surface area contributed by atoms with Crippen LogP contribution in [0.2, 0.25) is 0 Å². The van der Waals surface area contributed by atoms with Crippen LogP contribution in [0.4, 0.5) is 0 Å². The third kappa shape index (κ3) is 2.76. The van der Waals surface area contributed by atoms with Crippen molar-refractivity contribution in [3.8, 4) is 5.75 Å². The van der Waals surface area contributed by atoms with Crippen molar-refractivity contribution in [3.05, 3.63) is 29.3 Å². The summed E-state index contributed by atoms with van der Waals surface area (Å²) < 4.78 is 5.42. The average Bonchev–Trinajstić information content (AvgIpc) is 2.31. The fraction of sp³-hybridized carbons (Fsp3) is 0.571. The average molecular weight is 219 g/mol. The molecule has 0 aliphatic carbocycles. The highest BCUT2D eigenvalue weighted by Gasteiger charge is 2.15. The van der Waals surface area contributed by atoms with Crippen LogP contribution in [0.15, 0.2) is 18.2 Å². The normalized spacial score (nSPS) is 20.8. The highest BCUT2D eigenvalue weighted by Crippen LogP contribution is 2.25. The molecule has 1 atom stereocenters. The number of benzene rings is 1. The summed E-state index contributed by atoms with van der Waals surface area (Å²) in [7, 11) is 1.76. The molecule has 1 aliphatic rings. The molecule has 1 heterocycles. The molecule has 16 heavy (non-hydrogen) atoms. The zero-order valence-electron chi connectivity index (χ0n) is 10.3. The molecule has 1 unspecified atom stereocenters. The molecule has 1 aromatic carbocycles. The van der Waals surface area contributed by atoms with Crippen LogP contribution in [0.25, 0.3) is 0 Å². The van der Waals surface area contributed by atoms with Crippen molar-refractivity contribution >= 4 is 0 Å². The number of piperidine rings is 1. The van der Waals surface area contributed by atoms with Gasteiger partial charge in [0.15, 0.2) is 0 Å². The summed E-state index contributed by atoms with van der Waals surface area (Å²) in [6.07, 6.45) is 3.78. The van der Waals surface area contributed by atoms with E-state index >= 15 is 0 Å². The monoisotopic (exact) mass is 219 g/mol. The SMILES string of the molecule is COc1ccc(C)cc1CC1CCCNC1. The maximum atomic E-state index is 5.42. The second-order valence-corrected chi connectivity index (χ2v) is 4.73. The molecule has 1 N–H and O–H groups in total. The van der Waals surface area contributed by atoms with Crippen LogP contribution in [0.5, 0.6) is 5.75 Å². The van der Waals surface area contributed by atoms with Gasteiger partial charge < -0.3 is 10.1 Å². The zero-order chi connectivity index (χ0) is 11.4. The van der Waals surface area contributed by atoms with E-state index in [1.54, 1.807) is 7.11 Å². The molecular weight excluding hydrogens is 198 g/mol. The number of aryl methyl sites for hydroxylation is 1. The predicted molar refractivity (Wildman–Crippen MR) is 67.0 cm³/mol. The van der Waals surface area contributed by atoms with Crippen molar-refractivity contribution in [2.75, 3.05) is 20.2 Å². The van der Waals surface area contributed by atoms with Gasteiger partial charge in [0.25, 0.3) is 0 Å². The Bertz CT molecular complexity index is 343. The van der Waals surface area contributed by atoms with Crippen molar-refractivity contribution in [3.63, 3.8) is 0 Å². The molecule has 0 bridgehead atoms. The van der Waals surface area contributed by atoms with E-state index < -0.39 is 0 Å². The van der Waals surface area contributed by atoms with E-state index in [1.165, 1.54) is 30.5 Å². The summed E-state index contributed by atoms with van der Waals surface area (Å²) in [4.78, 5) is 0. The standard InChI is InChI=1S/C14H21NO/c1-11-5-6-14(16-2)13(8-11)9-12-4-3-7-15-10-12/h5-6,8,12,15H,3-4,7,9-10H2,1-2H3. The van der Waals surface area contributed by atoms with Crippen molar-refractivity contribution < 1.29 is 4.74 Å². The van der Waals surface area contributed by atoms with E-state index in [1.807, 2.05) is 0 Å². The van der Waals surface area contributed by atoms with Crippen LogP contribution in [0, 0.1) is 12.8 Å². The summed E-state index contributed by atoms with van der Waals surface area (Å²) in [6.45, 7) is 4.47. The van der Waals surface area contributed by atoms with E-state index in [-0.39, 0.29) is 0 Å². The Morgan fingerprint density at radius 2 is 2.31 bits per heavy atom. The molecule has 0 amide bonds. The lowest BCUT2D eigenvalue weighted by Gasteiger charge is -2.23. The molecule has 1 aromatic rings. The summed E-state index contributed by atoms with van der Waals surface area (Å²) in [6, 6.07) is 6.45. The quantitative estimate of drug-likeness (QED) is 0.843. The number of nitrogens with one attached hydrogen (secondary N) is 1. The summed E-state index contributed by atoms with van der Waals surface area (Å²) in [5.41, 5.74) is 2.68. The molecule has 1 saturated heterocycles. The van der Waals surface area contributed by atoms with Gasteiger partial charge in [0.2, 0.25) is 0 Å². The fourth-order valence-corrected chi connectivity index (χ4v) is 2.48. The van der Waals surface area contributed by atoms with Gasteiger partial charge in [0, 0.05) is 0 Å². The minimum atomic E-state index is 0.768. The van der Waals surface area contributed by atoms with Gasteiger partial charge in [-0.2, -0.15) is 0 Å². The largest absolute Gasteiger partial charge is 0.496 e. The number of rotatable bonds is 3. The van der Waals surface area contributed by atoms with E-state index in [4.69, 9.17) is 4.74 Å². The van der Waals surface area contributed by atoms with Crippen LogP contribution in [-0.2, 0) is 6.42 Å². The second-order valence-electron chi connectivity index (χ2n) is 4.73. The van der Waals surface area contributed by atoms with Crippen molar-refractivity contribution in [1.82, 2.24) is 5.32 Å². The molecule has 0 radical (unpaired) electrons. The van der Waals surface area contributed by atoms with Crippen LogP contribution in [0.1, 0.15) is 24.0 Å². The molecule has 1 aliphatic heterocycles. The highest BCUT2D eigenvalue weighted by molar-refractivity contribution is 5.37. The Hall–Kier alpha value is -1.02. The minimum absolute atomic E-state index is 0.768. The lowest BCUT2D eigenvalue weighted by Crippen LogP contribution is -2.30. The molecule has 2 nitrogen and oxygen atoms in total. The number of ether oxygens (including phenoxy) is 1. The number of methoxy groups -OCH3 is 1. The van der Waals surface area contributed by atoms with E-state index in [9.17, 15) is 0 Å². The predicted octanol–water partition coefficient (Wildman–Crippen LogP) is 2.55. The molecule has 0 spiro atoms. The van der Waals surface area contributed by atoms with Crippen molar-refractivity contribution in [1.29, 1.82) is 0 Å². The molecule has 2 heteroatoms. The maximum Gasteiger partial charge on any atom is 0.122 e. The van der Waals surface area contributed by atoms with Gasteiger partial charge in [-0.1, -0.05) is 17.7 Å². The Morgan fingerprint density at radius 1 is 1.44 bits per heavy atom. The first-order chi connectivity index (χ1) is 7.79. The molecular formula is C14H21NO. The van der Waals surface area contributed by atoms with Gasteiger partial charge >= 0.3 is 0 Å². The molecule has 88 valence electrons. The van der Waals surface area contributed by atoms with Gasteiger partial charge in [0.05, 0.1) is 7.11 Å². The Morgan fingerprint density at radius 3 is 3.00 bits per heavy atom. The summed E-state index contributed by atoms with van der Waals surface area (Å²) in [5, 5.41) is 3.47. The number of hydrogen-bond acceptors (Lipinski definition) is 2. The van der Waals surface area contributed by atoms with Crippen LogP contribution >= 0.6 is 0 Å². The third-order valence-electron chi connectivity index (χ3n) is 3.34. The van der Waals surface area contributed by atoms with Crippen LogP contribution in [-0.4, -0.2) is 20.2 Å². The van der Waals surface area contributed by atoms with Crippen molar-refractivity contribution in [2.24, 2.45) is 5.92 Å². The first-order valence-electron chi connectivity index (χ1n) is 6.14. The fourth-order valence-electron chi connectivity index (χ4n) is 2.48. The van der Waals surface area contributed by atoms with Gasteiger partial charge in [0.1, 0.15) is 5.75 Å². The lowest BCUT2D eigenvalue weighted by atomic mass is 9.91. The van der Waals surface area contributed by atoms with Gasteiger partial charge in [-0.25, -0.2) is 0 Å². The molecule has 2 rings (SSSR count). The Balaban J connectivity index is 2.09. The first kappa shape index (κ1) is 11.5.